The lowest BCUT2D eigenvalue weighted by molar-refractivity contribution is -0.121. The summed E-state index contributed by atoms with van der Waals surface area (Å²) in [6.07, 6.45) is 6.46. The Labute approximate surface area is 180 Å². The van der Waals surface area contributed by atoms with Crippen LogP contribution in [0.4, 0.5) is 0 Å². The van der Waals surface area contributed by atoms with Gasteiger partial charge in [-0.1, -0.05) is 6.07 Å². The van der Waals surface area contributed by atoms with E-state index in [4.69, 9.17) is 10.5 Å². The standard InChI is InChI=1S/C22H26N6O3/c1-13-17(14(2)28-22(27-13)18(11-26-28)21(23)30)6-7-19(29)24-9-16-5-8-20(25-10-16)31-12-15-3-4-15/h5,8,10-11,15H,3-4,6-7,9,12H2,1-2H3,(H2,23,30)(H,24,29). The fraction of sp³-hybridized carbons (Fsp3) is 0.409. The van der Waals surface area contributed by atoms with Gasteiger partial charge in [-0.2, -0.15) is 5.10 Å². The summed E-state index contributed by atoms with van der Waals surface area (Å²) in [6, 6.07) is 3.75. The van der Waals surface area contributed by atoms with Gasteiger partial charge in [0, 0.05) is 36.6 Å². The first-order valence-corrected chi connectivity index (χ1v) is 10.4. The molecular formula is C22H26N6O3. The van der Waals surface area contributed by atoms with Crippen LogP contribution in [-0.2, 0) is 17.8 Å². The van der Waals surface area contributed by atoms with Gasteiger partial charge in [-0.25, -0.2) is 14.5 Å². The van der Waals surface area contributed by atoms with E-state index in [1.54, 1.807) is 10.7 Å². The van der Waals surface area contributed by atoms with Gasteiger partial charge in [-0.3, -0.25) is 9.59 Å². The number of hydrogen-bond donors (Lipinski definition) is 2. The minimum Gasteiger partial charge on any atom is -0.477 e. The number of nitrogens with one attached hydrogen (secondary N) is 1. The maximum atomic E-state index is 12.4. The van der Waals surface area contributed by atoms with Gasteiger partial charge in [-0.15, -0.1) is 0 Å². The number of carbonyl (C=O) groups excluding carboxylic acids is 2. The lowest BCUT2D eigenvalue weighted by atomic mass is 10.1. The largest absolute Gasteiger partial charge is 0.477 e. The fourth-order valence-electron chi connectivity index (χ4n) is 3.46. The molecule has 3 N–H and O–H groups in total. The van der Waals surface area contributed by atoms with Crippen LogP contribution >= 0.6 is 0 Å². The predicted molar refractivity (Wildman–Crippen MR) is 114 cm³/mol. The van der Waals surface area contributed by atoms with Gasteiger partial charge >= 0.3 is 0 Å². The normalized spacial score (nSPS) is 13.4. The summed E-state index contributed by atoms with van der Waals surface area (Å²) < 4.78 is 7.22. The van der Waals surface area contributed by atoms with Crippen LogP contribution < -0.4 is 15.8 Å². The summed E-state index contributed by atoms with van der Waals surface area (Å²) in [5.41, 5.74) is 9.55. The first kappa shape index (κ1) is 20.8. The molecule has 1 aliphatic rings. The Kier molecular flexibility index (Phi) is 5.83. The van der Waals surface area contributed by atoms with E-state index < -0.39 is 5.91 Å². The van der Waals surface area contributed by atoms with Crippen molar-refractivity contribution in [2.75, 3.05) is 6.61 Å². The smallest absolute Gasteiger partial charge is 0.254 e. The molecule has 0 radical (unpaired) electrons. The van der Waals surface area contributed by atoms with Crippen molar-refractivity contribution in [3.05, 3.63) is 52.6 Å². The second-order valence-corrected chi connectivity index (χ2v) is 7.95. The molecule has 2 amide bonds. The molecular weight excluding hydrogens is 396 g/mol. The maximum Gasteiger partial charge on any atom is 0.254 e. The second kappa shape index (κ2) is 8.71. The average Bonchev–Trinajstić information content (AvgIpc) is 3.48. The van der Waals surface area contributed by atoms with Gasteiger partial charge in [0.05, 0.1) is 12.8 Å². The van der Waals surface area contributed by atoms with Crippen molar-refractivity contribution in [1.29, 1.82) is 0 Å². The summed E-state index contributed by atoms with van der Waals surface area (Å²) in [5, 5.41) is 7.13. The number of primary amides is 1. The molecule has 0 aliphatic heterocycles. The van der Waals surface area contributed by atoms with Gasteiger partial charge in [0.25, 0.3) is 5.91 Å². The summed E-state index contributed by atoms with van der Waals surface area (Å²) >= 11 is 0. The zero-order chi connectivity index (χ0) is 22.0. The van der Waals surface area contributed by atoms with Crippen LogP contribution in [0.25, 0.3) is 5.65 Å². The van der Waals surface area contributed by atoms with Crippen molar-refractivity contribution in [3.63, 3.8) is 0 Å². The number of rotatable bonds is 9. The van der Waals surface area contributed by atoms with Crippen molar-refractivity contribution in [3.8, 4) is 5.88 Å². The van der Waals surface area contributed by atoms with E-state index in [1.165, 1.54) is 19.0 Å². The quantitative estimate of drug-likeness (QED) is 0.542. The predicted octanol–water partition coefficient (Wildman–Crippen LogP) is 1.88. The van der Waals surface area contributed by atoms with E-state index in [1.807, 2.05) is 26.0 Å². The molecule has 0 saturated heterocycles. The highest BCUT2D eigenvalue weighted by Gasteiger charge is 2.22. The number of fused-ring (bicyclic) bond motifs is 1. The van der Waals surface area contributed by atoms with E-state index in [-0.39, 0.29) is 11.5 Å². The van der Waals surface area contributed by atoms with E-state index in [9.17, 15) is 9.59 Å². The van der Waals surface area contributed by atoms with Crippen LogP contribution in [0.1, 0.15) is 52.1 Å². The molecule has 1 saturated carbocycles. The molecule has 162 valence electrons. The third-order valence-electron chi connectivity index (χ3n) is 5.53. The van der Waals surface area contributed by atoms with Crippen LogP contribution in [0.15, 0.2) is 24.5 Å². The minimum atomic E-state index is -0.564. The fourth-order valence-corrected chi connectivity index (χ4v) is 3.46. The summed E-state index contributed by atoms with van der Waals surface area (Å²) in [4.78, 5) is 32.7. The Morgan fingerprint density at radius 1 is 1.26 bits per heavy atom. The number of ether oxygens (including phenoxy) is 1. The Hall–Kier alpha value is -3.49. The van der Waals surface area contributed by atoms with E-state index in [2.05, 4.69) is 20.4 Å². The van der Waals surface area contributed by atoms with Gasteiger partial charge < -0.3 is 15.8 Å². The molecule has 3 aromatic heterocycles. The Morgan fingerprint density at radius 3 is 2.74 bits per heavy atom. The molecule has 0 unspecified atom stereocenters. The molecule has 9 nitrogen and oxygen atoms in total. The van der Waals surface area contributed by atoms with E-state index in [0.29, 0.717) is 36.8 Å². The molecule has 0 aromatic carbocycles. The Bertz CT molecular complexity index is 1120. The monoisotopic (exact) mass is 422 g/mol. The van der Waals surface area contributed by atoms with Crippen LogP contribution in [0.2, 0.25) is 0 Å². The number of nitrogens with two attached hydrogens (primary N) is 1. The third kappa shape index (κ3) is 4.82. The SMILES string of the molecule is Cc1nc2c(C(N)=O)cnn2c(C)c1CCC(=O)NCc1ccc(OCC2CC2)nc1. The van der Waals surface area contributed by atoms with E-state index in [0.717, 1.165) is 29.1 Å². The van der Waals surface area contributed by atoms with Crippen molar-refractivity contribution in [1.82, 2.24) is 24.9 Å². The zero-order valence-electron chi connectivity index (χ0n) is 17.7. The first-order chi connectivity index (χ1) is 14.9. The zero-order valence-corrected chi connectivity index (χ0v) is 17.7. The molecule has 1 aliphatic carbocycles. The van der Waals surface area contributed by atoms with Crippen molar-refractivity contribution < 1.29 is 14.3 Å². The topological polar surface area (TPSA) is 124 Å². The summed E-state index contributed by atoms with van der Waals surface area (Å²) in [5.74, 6) is 0.674. The number of hydrogen-bond acceptors (Lipinski definition) is 6. The molecule has 0 bridgehead atoms. The Morgan fingerprint density at radius 2 is 2.06 bits per heavy atom. The van der Waals surface area contributed by atoms with Crippen molar-refractivity contribution in [2.45, 2.75) is 46.1 Å². The van der Waals surface area contributed by atoms with Crippen LogP contribution in [0.3, 0.4) is 0 Å². The van der Waals surface area contributed by atoms with E-state index >= 15 is 0 Å². The van der Waals surface area contributed by atoms with Gasteiger partial charge in [-0.05, 0) is 50.2 Å². The number of pyridine rings is 1. The average molecular weight is 422 g/mol. The van der Waals surface area contributed by atoms with Crippen LogP contribution in [0, 0.1) is 19.8 Å². The molecule has 0 atom stereocenters. The number of nitrogens with zero attached hydrogens (tertiary/aromatic N) is 4. The van der Waals surface area contributed by atoms with Crippen molar-refractivity contribution in [2.24, 2.45) is 11.7 Å². The molecule has 9 heteroatoms. The minimum absolute atomic E-state index is 0.0637. The number of amides is 2. The van der Waals surface area contributed by atoms with Gasteiger partial charge in [0.2, 0.25) is 11.8 Å². The molecule has 31 heavy (non-hydrogen) atoms. The third-order valence-corrected chi connectivity index (χ3v) is 5.53. The number of aryl methyl sites for hydroxylation is 2. The Balaban J connectivity index is 1.32. The highest BCUT2D eigenvalue weighted by molar-refractivity contribution is 5.98. The molecule has 3 heterocycles. The first-order valence-electron chi connectivity index (χ1n) is 10.4. The maximum absolute atomic E-state index is 12.4. The lowest BCUT2D eigenvalue weighted by Gasteiger charge is -2.11. The molecule has 0 spiro atoms. The molecule has 1 fully saturated rings. The highest BCUT2D eigenvalue weighted by Crippen LogP contribution is 2.29. The van der Waals surface area contributed by atoms with Crippen LogP contribution in [0.5, 0.6) is 5.88 Å². The summed E-state index contributed by atoms with van der Waals surface area (Å²) in [6.45, 7) is 4.89. The lowest BCUT2D eigenvalue weighted by Crippen LogP contribution is -2.23. The highest BCUT2D eigenvalue weighted by atomic mass is 16.5. The molecule has 4 rings (SSSR count). The number of carbonyl (C=O) groups is 2. The van der Waals surface area contributed by atoms with Crippen LogP contribution in [-0.4, -0.2) is 38.0 Å². The summed E-state index contributed by atoms with van der Waals surface area (Å²) in [7, 11) is 0. The van der Waals surface area contributed by atoms with Crippen molar-refractivity contribution >= 4 is 17.5 Å². The van der Waals surface area contributed by atoms with Gasteiger partial charge in [0.15, 0.2) is 5.65 Å². The van der Waals surface area contributed by atoms with Gasteiger partial charge in [0.1, 0.15) is 5.56 Å². The second-order valence-electron chi connectivity index (χ2n) is 7.95. The number of aromatic nitrogens is 4. The molecule has 3 aromatic rings.